The van der Waals surface area contributed by atoms with Crippen molar-refractivity contribution in [2.45, 2.75) is 45.8 Å². The van der Waals surface area contributed by atoms with Gasteiger partial charge in [0, 0.05) is 27.7 Å². The van der Waals surface area contributed by atoms with E-state index in [2.05, 4.69) is 20.6 Å². The second-order valence-electron chi connectivity index (χ2n) is 14.5. The number of rotatable bonds is 7. The molecule has 288 valence electrons. The number of ether oxygens (including phenoxy) is 2. The molecule has 3 aromatic heterocycles. The van der Waals surface area contributed by atoms with Crippen molar-refractivity contribution in [2.75, 3.05) is 11.5 Å². The van der Waals surface area contributed by atoms with Crippen molar-refractivity contribution in [1.82, 2.24) is 34.6 Å². The van der Waals surface area contributed by atoms with E-state index in [4.69, 9.17) is 21.1 Å². The highest BCUT2D eigenvalue weighted by atomic mass is 35.5. The molecule has 0 aliphatic carbocycles. The molecular formula is C39H30ClFN8O8. The second kappa shape index (κ2) is 13.7. The molecule has 2 atom stereocenters. The molecule has 2 amide bonds. The summed E-state index contributed by atoms with van der Waals surface area (Å²) >= 11 is 6.31. The number of tetrazole rings is 1. The Morgan fingerprint density at radius 2 is 1.67 bits per heavy atom. The molecule has 0 saturated heterocycles. The fourth-order valence-corrected chi connectivity index (χ4v) is 7.33. The van der Waals surface area contributed by atoms with Gasteiger partial charge < -0.3 is 9.47 Å². The molecule has 0 N–H and O–H groups in total. The molecule has 0 bridgehead atoms. The van der Waals surface area contributed by atoms with E-state index in [1.54, 1.807) is 64.1 Å². The lowest BCUT2D eigenvalue weighted by Crippen LogP contribution is -2.32. The SMILES string of the molecule is C[C@H]1Cc2cc(-c3cc(Cl)ccc3-n3cnnn3)cc(=O)n2[C@@H]1C(=O)OCC(=O)c1ccc2c(N3C(=O)c4ccccc4C3=O)nn(C(=O)OC(C)(C)C)c2c1F. The van der Waals surface area contributed by atoms with Crippen molar-refractivity contribution >= 4 is 58.0 Å². The monoisotopic (exact) mass is 792 g/mol. The van der Waals surface area contributed by atoms with Crippen molar-refractivity contribution in [2.24, 2.45) is 5.92 Å². The molecule has 0 unspecified atom stereocenters. The van der Waals surface area contributed by atoms with Gasteiger partial charge in [-0.15, -0.1) is 10.2 Å². The maximum absolute atomic E-state index is 16.5. The Bertz CT molecular complexity index is 2740. The predicted molar refractivity (Wildman–Crippen MR) is 200 cm³/mol. The zero-order valence-corrected chi connectivity index (χ0v) is 31.4. The minimum atomic E-state index is -1.24. The quantitative estimate of drug-likeness (QED) is 0.114. The summed E-state index contributed by atoms with van der Waals surface area (Å²) < 4.78 is 30.6. The summed E-state index contributed by atoms with van der Waals surface area (Å²) in [5.74, 6) is -5.37. The van der Waals surface area contributed by atoms with Crippen LogP contribution in [0.25, 0.3) is 27.7 Å². The van der Waals surface area contributed by atoms with Crippen molar-refractivity contribution in [3.8, 4) is 16.8 Å². The van der Waals surface area contributed by atoms with Gasteiger partial charge in [0.1, 0.15) is 23.5 Å². The first-order valence-corrected chi connectivity index (χ1v) is 17.9. The number of hydrogen-bond acceptors (Lipinski definition) is 12. The third kappa shape index (κ3) is 6.34. The summed E-state index contributed by atoms with van der Waals surface area (Å²) in [4.78, 5) is 81.5. The van der Waals surface area contributed by atoms with E-state index < -0.39 is 76.3 Å². The molecule has 2 aliphatic heterocycles. The van der Waals surface area contributed by atoms with E-state index in [-0.39, 0.29) is 22.3 Å². The van der Waals surface area contributed by atoms with Crippen LogP contribution >= 0.6 is 11.6 Å². The third-order valence-electron chi connectivity index (χ3n) is 9.58. The first kappa shape index (κ1) is 37.1. The number of carbonyl (C=O) groups is 5. The zero-order chi connectivity index (χ0) is 40.5. The van der Waals surface area contributed by atoms with Gasteiger partial charge in [0.05, 0.1) is 22.4 Å². The van der Waals surface area contributed by atoms with Crippen LogP contribution in [0.2, 0.25) is 5.02 Å². The zero-order valence-electron chi connectivity index (χ0n) is 30.6. The number of imide groups is 1. The lowest BCUT2D eigenvalue weighted by molar-refractivity contribution is -0.147. The number of nitrogens with zero attached hydrogens (tertiary/aromatic N) is 8. The van der Waals surface area contributed by atoms with Crippen LogP contribution in [0.15, 0.2) is 77.9 Å². The third-order valence-corrected chi connectivity index (χ3v) is 9.82. The first-order chi connectivity index (χ1) is 27.1. The molecule has 57 heavy (non-hydrogen) atoms. The molecule has 0 saturated carbocycles. The smallest absolute Gasteiger partial charge is 0.435 e. The van der Waals surface area contributed by atoms with Crippen LogP contribution in [-0.4, -0.2) is 76.4 Å². The predicted octanol–water partition coefficient (Wildman–Crippen LogP) is 5.38. The molecule has 0 fully saturated rings. The molecule has 16 nitrogen and oxygen atoms in total. The number of benzene rings is 3. The number of Topliss-reactive ketones (excluding diaryl/α,β-unsaturated/α-hetero) is 1. The van der Waals surface area contributed by atoms with Crippen molar-refractivity contribution in [3.05, 3.63) is 117 Å². The average Bonchev–Trinajstić information content (AvgIpc) is 3.95. The van der Waals surface area contributed by atoms with Crippen molar-refractivity contribution < 1.29 is 37.8 Å². The second-order valence-corrected chi connectivity index (χ2v) is 15.0. The van der Waals surface area contributed by atoms with Gasteiger partial charge in [0.25, 0.3) is 17.4 Å². The van der Waals surface area contributed by atoms with Gasteiger partial charge in [-0.1, -0.05) is 30.7 Å². The Kier molecular flexibility index (Phi) is 8.91. The van der Waals surface area contributed by atoms with Crippen LogP contribution in [0, 0.1) is 11.7 Å². The minimum absolute atomic E-state index is 0.0923. The number of aromatic nitrogens is 7. The molecule has 0 radical (unpaired) electrons. The number of hydrogen-bond donors (Lipinski definition) is 0. The summed E-state index contributed by atoms with van der Waals surface area (Å²) in [6, 6.07) is 15.4. The number of esters is 1. The summed E-state index contributed by atoms with van der Waals surface area (Å²) in [6.45, 7) is 5.56. The number of carbonyl (C=O) groups excluding carboxylic acids is 5. The fraction of sp³-hybridized carbons (Fsp3) is 0.231. The van der Waals surface area contributed by atoms with E-state index >= 15 is 4.39 Å². The van der Waals surface area contributed by atoms with Crippen molar-refractivity contribution in [1.29, 1.82) is 0 Å². The summed E-state index contributed by atoms with van der Waals surface area (Å²) in [7, 11) is 0. The Balaban J connectivity index is 1.08. The Hall–Kier alpha value is -6.88. The van der Waals surface area contributed by atoms with Gasteiger partial charge in [-0.2, -0.15) is 9.36 Å². The van der Waals surface area contributed by atoms with Gasteiger partial charge in [-0.25, -0.2) is 18.9 Å². The van der Waals surface area contributed by atoms with Gasteiger partial charge >= 0.3 is 12.1 Å². The molecular weight excluding hydrogens is 763 g/mol. The van der Waals surface area contributed by atoms with Crippen LogP contribution in [0.1, 0.15) is 70.5 Å². The molecule has 0 spiro atoms. The van der Waals surface area contributed by atoms with Crippen LogP contribution in [0.5, 0.6) is 0 Å². The van der Waals surface area contributed by atoms with Gasteiger partial charge in [-0.3, -0.25) is 23.7 Å². The lowest BCUT2D eigenvalue weighted by atomic mass is 10.0. The molecule has 18 heteroatoms. The van der Waals surface area contributed by atoms with Gasteiger partial charge in [0.2, 0.25) is 5.78 Å². The molecule has 6 aromatic rings. The van der Waals surface area contributed by atoms with E-state index in [0.29, 0.717) is 38.6 Å². The van der Waals surface area contributed by atoms with Gasteiger partial charge in [-0.05, 0) is 97.6 Å². The Labute approximate surface area is 326 Å². The molecule has 3 aromatic carbocycles. The highest BCUT2D eigenvalue weighted by Gasteiger charge is 2.41. The molecule has 5 heterocycles. The Morgan fingerprint density at radius 1 is 0.947 bits per heavy atom. The fourth-order valence-electron chi connectivity index (χ4n) is 7.16. The van der Waals surface area contributed by atoms with Gasteiger partial charge in [0.15, 0.2) is 18.2 Å². The summed E-state index contributed by atoms with van der Waals surface area (Å²) in [5.41, 5.74) is -0.327. The lowest BCUT2D eigenvalue weighted by Gasteiger charge is -2.19. The highest BCUT2D eigenvalue weighted by molar-refractivity contribution is 6.35. The normalized spacial score (nSPS) is 16.2. The average molecular weight is 793 g/mol. The number of anilines is 1. The minimum Gasteiger partial charge on any atom is -0.456 e. The largest absolute Gasteiger partial charge is 0.456 e. The molecule has 8 rings (SSSR count). The molecule has 2 aliphatic rings. The van der Waals surface area contributed by atoms with E-state index in [0.717, 1.165) is 11.0 Å². The number of ketones is 1. The number of fused-ring (bicyclic) bond motifs is 3. The topological polar surface area (TPSA) is 190 Å². The van der Waals surface area contributed by atoms with E-state index in [9.17, 15) is 28.8 Å². The Morgan fingerprint density at radius 3 is 2.33 bits per heavy atom. The van der Waals surface area contributed by atoms with E-state index in [1.165, 1.54) is 39.8 Å². The maximum Gasteiger partial charge on any atom is 0.435 e. The number of halogens is 2. The summed E-state index contributed by atoms with van der Waals surface area (Å²) in [6.07, 6.45) is 0.569. The summed E-state index contributed by atoms with van der Waals surface area (Å²) in [5, 5.41) is 15.7. The van der Waals surface area contributed by atoms with Crippen molar-refractivity contribution in [3.63, 3.8) is 0 Å². The first-order valence-electron chi connectivity index (χ1n) is 17.5. The highest BCUT2D eigenvalue weighted by Crippen LogP contribution is 2.37. The van der Waals surface area contributed by atoms with Crippen LogP contribution in [-0.2, 0) is 20.7 Å². The number of pyridine rings is 1. The standard InChI is InChI=1S/C39H30ClFN8O8/c1-19-13-22-14-20(27-16-21(40)9-12-28(27)46-18-42-44-45-46)15-30(51)47(22)32(19)37(54)56-17-29(50)25-10-11-26-33(31(25)41)49(38(55)57-39(2,3)4)43-34(26)48-35(52)23-7-5-6-8-24(23)36(48)53/h5-12,14-16,18-19,32H,13,17H2,1-4H3/t19-,32-/m0/s1. The van der Waals surface area contributed by atoms with Crippen LogP contribution in [0.4, 0.5) is 15.0 Å². The van der Waals surface area contributed by atoms with Crippen LogP contribution < -0.4 is 10.5 Å². The van der Waals surface area contributed by atoms with E-state index in [1.807, 2.05) is 0 Å². The number of amides is 2. The maximum atomic E-state index is 16.5. The van der Waals surface area contributed by atoms with Crippen LogP contribution in [0.3, 0.4) is 0 Å².